The van der Waals surface area contributed by atoms with Gasteiger partial charge in [0, 0.05) is 11.8 Å². The molecule has 4 nitrogen and oxygen atoms in total. The van der Waals surface area contributed by atoms with Gasteiger partial charge in [-0.25, -0.2) is 9.07 Å². The highest BCUT2D eigenvalue weighted by Crippen LogP contribution is 2.16. The maximum Gasteiger partial charge on any atom is 0.205 e. The highest BCUT2D eigenvalue weighted by molar-refractivity contribution is 5.34. The predicted molar refractivity (Wildman–Crippen MR) is 71.7 cm³/mol. The SMILES string of the molecule is Cc1cc(=O)c(C(C)(C)N)nn1-c1ccccc1F. The molecule has 1 heterocycles. The monoisotopic (exact) mass is 261 g/mol. The molecule has 2 aromatic rings. The maximum absolute atomic E-state index is 13.8. The van der Waals surface area contributed by atoms with Crippen LogP contribution in [0, 0.1) is 12.7 Å². The molecule has 0 aliphatic rings. The molecule has 0 atom stereocenters. The van der Waals surface area contributed by atoms with Crippen molar-refractivity contribution in [2.45, 2.75) is 26.3 Å². The van der Waals surface area contributed by atoms with Crippen LogP contribution in [0.1, 0.15) is 25.2 Å². The van der Waals surface area contributed by atoms with Crippen LogP contribution in [0.3, 0.4) is 0 Å². The Labute approximate surface area is 110 Å². The van der Waals surface area contributed by atoms with Crippen molar-refractivity contribution in [3.05, 3.63) is 57.8 Å². The van der Waals surface area contributed by atoms with Gasteiger partial charge in [0.15, 0.2) is 0 Å². The lowest BCUT2D eigenvalue weighted by molar-refractivity contribution is 0.506. The van der Waals surface area contributed by atoms with Gasteiger partial charge in [0.1, 0.15) is 17.2 Å². The summed E-state index contributed by atoms with van der Waals surface area (Å²) in [6.45, 7) is 5.09. The first kappa shape index (κ1) is 13.4. The number of nitrogens with zero attached hydrogens (tertiary/aromatic N) is 2. The molecule has 2 rings (SSSR count). The van der Waals surface area contributed by atoms with Gasteiger partial charge < -0.3 is 5.73 Å². The van der Waals surface area contributed by atoms with Crippen LogP contribution in [0.4, 0.5) is 4.39 Å². The number of hydrogen-bond acceptors (Lipinski definition) is 3. The van der Waals surface area contributed by atoms with E-state index < -0.39 is 11.4 Å². The van der Waals surface area contributed by atoms with Gasteiger partial charge in [-0.2, -0.15) is 5.10 Å². The van der Waals surface area contributed by atoms with Gasteiger partial charge in [0.05, 0.1) is 5.54 Å². The van der Waals surface area contributed by atoms with Crippen molar-refractivity contribution >= 4 is 0 Å². The molecule has 2 N–H and O–H groups in total. The second kappa shape index (κ2) is 4.59. The first-order valence-electron chi connectivity index (χ1n) is 5.96. The minimum Gasteiger partial charge on any atom is -0.320 e. The summed E-state index contributed by atoms with van der Waals surface area (Å²) >= 11 is 0. The molecule has 0 saturated carbocycles. The zero-order valence-electron chi connectivity index (χ0n) is 11.1. The Balaban J connectivity index is 2.72. The number of rotatable bonds is 2. The van der Waals surface area contributed by atoms with Crippen LogP contribution in [-0.2, 0) is 5.54 Å². The van der Waals surface area contributed by atoms with Crippen LogP contribution in [0.2, 0.25) is 0 Å². The standard InChI is InChI=1S/C14H16FN3O/c1-9-8-12(19)13(14(2,3)16)17-18(9)11-7-5-4-6-10(11)15/h4-8H,16H2,1-3H3. The van der Waals surface area contributed by atoms with Crippen LogP contribution >= 0.6 is 0 Å². The van der Waals surface area contributed by atoms with E-state index in [4.69, 9.17) is 5.73 Å². The molecule has 0 amide bonds. The second-order valence-corrected chi connectivity index (χ2v) is 5.08. The normalized spacial score (nSPS) is 11.6. The fraction of sp³-hybridized carbons (Fsp3) is 0.286. The number of nitrogens with two attached hydrogens (primary N) is 1. The molecule has 0 spiro atoms. The molecule has 1 aromatic heterocycles. The molecular formula is C14H16FN3O. The van der Waals surface area contributed by atoms with Crippen molar-refractivity contribution in [2.75, 3.05) is 0 Å². The molecular weight excluding hydrogens is 245 g/mol. The van der Waals surface area contributed by atoms with E-state index in [2.05, 4.69) is 5.10 Å². The lowest BCUT2D eigenvalue weighted by Crippen LogP contribution is -2.37. The van der Waals surface area contributed by atoms with E-state index in [9.17, 15) is 9.18 Å². The average Bonchev–Trinajstić information content (AvgIpc) is 2.29. The Morgan fingerprint density at radius 1 is 1.32 bits per heavy atom. The molecule has 0 aliphatic carbocycles. The third-order valence-corrected chi connectivity index (χ3v) is 2.80. The van der Waals surface area contributed by atoms with E-state index in [1.165, 1.54) is 16.8 Å². The van der Waals surface area contributed by atoms with E-state index >= 15 is 0 Å². The largest absolute Gasteiger partial charge is 0.320 e. The number of halogens is 1. The van der Waals surface area contributed by atoms with Crippen molar-refractivity contribution in [2.24, 2.45) is 5.73 Å². The summed E-state index contributed by atoms with van der Waals surface area (Å²) in [4.78, 5) is 11.9. The van der Waals surface area contributed by atoms with Crippen LogP contribution in [0.25, 0.3) is 5.69 Å². The molecule has 0 unspecified atom stereocenters. The Morgan fingerprint density at radius 2 is 1.95 bits per heavy atom. The highest BCUT2D eigenvalue weighted by Gasteiger charge is 2.22. The van der Waals surface area contributed by atoms with Crippen molar-refractivity contribution in [3.8, 4) is 5.69 Å². The van der Waals surface area contributed by atoms with Gasteiger partial charge in [-0.1, -0.05) is 12.1 Å². The first-order valence-corrected chi connectivity index (χ1v) is 5.96. The predicted octanol–water partition coefficient (Wildman–Crippen LogP) is 1.87. The van der Waals surface area contributed by atoms with Crippen LogP contribution in [0.15, 0.2) is 35.1 Å². The molecule has 0 radical (unpaired) electrons. The van der Waals surface area contributed by atoms with Crippen molar-refractivity contribution in [3.63, 3.8) is 0 Å². The summed E-state index contributed by atoms with van der Waals surface area (Å²) in [6.07, 6.45) is 0. The van der Waals surface area contributed by atoms with Crippen molar-refractivity contribution < 1.29 is 4.39 Å². The summed E-state index contributed by atoms with van der Waals surface area (Å²) in [5.41, 5.74) is 5.87. The zero-order chi connectivity index (χ0) is 14.2. The van der Waals surface area contributed by atoms with Crippen LogP contribution in [-0.4, -0.2) is 9.78 Å². The van der Waals surface area contributed by atoms with Gasteiger partial charge in [-0.3, -0.25) is 4.79 Å². The van der Waals surface area contributed by atoms with Crippen molar-refractivity contribution in [1.29, 1.82) is 0 Å². The van der Waals surface area contributed by atoms with Gasteiger partial charge in [0.2, 0.25) is 5.43 Å². The van der Waals surface area contributed by atoms with E-state index in [-0.39, 0.29) is 11.1 Å². The number of hydrogen-bond donors (Lipinski definition) is 1. The van der Waals surface area contributed by atoms with E-state index in [1.807, 2.05) is 0 Å². The molecule has 0 aliphatic heterocycles. The van der Waals surface area contributed by atoms with Gasteiger partial charge in [-0.15, -0.1) is 0 Å². The fourth-order valence-corrected chi connectivity index (χ4v) is 1.86. The zero-order valence-corrected chi connectivity index (χ0v) is 11.1. The fourth-order valence-electron chi connectivity index (χ4n) is 1.86. The Kier molecular flexibility index (Phi) is 3.24. The molecule has 0 bridgehead atoms. The summed E-state index contributed by atoms with van der Waals surface area (Å²) in [6, 6.07) is 7.69. The average molecular weight is 261 g/mol. The van der Waals surface area contributed by atoms with Crippen LogP contribution in [0.5, 0.6) is 0 Å². The molecule has 0 fully saturated rings. The molecule has 19 heavy (non-hydrogen) atoms. The number of aryl methyl sites for hydroxylation is 1. The summed E-state index contributed by atoms with van der Waals surface area (Å²) in [5.74, 6) is -0.400. The van der Waals surface area contributed by atoms with E-state index in [1.54, 1.807) is 39.0 Å². The van der Waals surface area contributed by atoms with E-state index in [0.29, 0.717) is 11.4 Å². The Hall–Kier alpha value is -2.01. The molecule has 5 heteroatoms. The number of para-hydroxylation sites is 1. The summed E-state index contributed by atoms with van der Waals surface area (Å²) in [5, 5.41) is 4.21. The Bertz CT molecular complexity index is 671. The summed E-state index contributed by atoms with van der Waals surface area (Å²) < 4.78 is 15.2. The number of aromatic nitrogens is 2. The van der Waals surface area contributed by atoms with E-state index in [0.717, 1.165) is 0 Å². The highest BCUT2D eigenvalue weighted by atomic mass is 19.1. The van der Waals surface area contributed by atoms with Crippen molar-refractivity contribution in [1.82, 2.24) is 9.78 Å². The molecule has 1 aromatic carbocycles. The Morgan fingerprint density at radius 3 is 2.53 bits per heavy atom. The molecule has 100 valence electrons. The topological polar surface area (TPSA) is 60.9 Å². The minimum atomic E-state index is -0.877. The second-order valence-electron chi connectivity index (χ2n) is 5.08. The van der Waals surface area contributed by atoms with Crippen LogP contribution < -0.4 is 11.2 Å². The third-order valence-electron chi connectivity index (χ3n) is 2.80. The third kappa shape index (κ3) is 2.56. The lowest BCUT2D eigenvalue weighted by atomic mass is 10.0. The molecule has 0 saturated heterocycles. The van der Waals surface area contributed by atoms with Gasteiger partial charge in [-0.05, 0) is 32.9 Å². The smallest absolute Gasteiger partial charge is 0.205 e. The number of benzene rings is 1. The maximum atomic E-state index is 13.8. The quantitative estimate of drug-likeness (QED) is 0.897. The van der Waals surface area contributed by atoms with Gasteiger partial charge >= 0.3 is 0 Å². The van der Waals surface area contributed by atoms with Gasteiger partial charge in [0.25, 0.3) is 0 Å². The lowest BCUT2D eigenvalue weighted by Gasteiger charge is -2.19. The first-order chi connectivity index (χ1) is 8.80. The minimum absolute atomic E-state index is 0.210. The summed E-state index contributed by atoms with van der Waals surface area (Å²) in [7, 11) is 0.